The smallest absolute Gasteiger partial charge is 0.314 e. The lowest BCUT2D eigenvalue weighted by atomic mass is 10.3. The van der Waals surface area contributed by atoms with E-state index < -0.39 is 4.92 Å². The van der Waals surface area contributed by atoms with Gasteiger partial charge in [0.1, 0.15) is 22.4 Å². The number of nitrogens with zero attached hydrogens (tertiary/aromatic N) is 3. The molecule has 0 spiro atoms. The Morgan fingerprint density at radius 1 is 1.40 bits per heavy atom. The van der Waals surface area contributed by atoms with E-state index in [9.17, 15) is 10.1 Å². The van der Waals surface area contributed by atoms with E-state index in [1.807, 2.05) is 0 Å². The molecule has 0 fully saturated rings. The van der Waals surface area contributed by atoms with Crippen molar-refractivity contribution < 1.29 is 14.4 Å². The van der Waals surface area contributed by atoms with Gasteiger partial charge in [0.05, 0.1) is 18.1 Å². The van der Waals surface area contributed by atoms with Crippen molar-refractivity contribution in [2.45, 2.75) is 0 Å². The van der Waals surface area contributed by atoms with Gasteiger partial charge in [-0.3, -0.25) is 10.1 Å². The average molecular weight is 341 g/mol. The zero-order valence-electron chi connectivity index (χ0n) is 10.2. The molecule has 1 heterocycles. The molecule has 0 amide bonds. The van der Waals surface area contributed by atoms with E-state index in [1.165, 1.54) is 31.6 Å². The van der Waals surface area contributed by atoms with Crippen molar-refractivity contribution in [2.24, 2.45) is 0 Å². The second-order valence-corrected chi connectivity index (χ2v) is 4.36. The number of methoxy groups -OCH3 is 1. The van der Waals surface area contributed by atoms with Crippen LogP contribution >= 0.6 is 15.9 Å². The molecular formula is C11H9BrN4O4. The standard InChI is InChI=1S/C11H9BrN4O4/c1-19-8-3-2-6(4-7(8)16(17)18)20-11-9(12)10(13)14-5-15-11/h2-5H,1H3,(H2,13,14,15). The molecular weight excluding hydrogens is 332 g/mol. The number of nitrogens with two attached hydrogens (primary N) is 1. The predicted molar refractivity (Wildman–Crippen MR) is 73.9 cm³/mol. The molecule has 104 valence electrons. The van der Waals surface area contributed by atoms with Gasteiger partial charge in [-0.15, -0.1) is 0 Å². The zero-order valence-corrected chi connectivity index (χ0v) is 11.8. The molecule has 0 bridgehead atoms. The quantitative estimate of drug-likeness (QED) is 0.671. The van der Waals surface area contributed by atoms with Gasteiger partial charge in [-0.25, -0.2) is 9.97 Å². The molecule has 0 saturated carbocycles. The normalized spacial score (nSPS) is 10.1. The lowest BCUT2D eigenvalue weighted by Crippen LogP contribution is -1.98. The topological polar surface area (TPSA) is 113 Å². The Hall–Kier alpha value is -2.42. The first-order valence-electron chi connectivity index (χ1n) is 5.29. The first kappa shape index (κ1) is 14.0. The number of benzene rings is 1. The molecule has 0 aliphatic carbocycles. The van der Waals surface area contributed by atoms with Crippen LogP contribution in [0.1, 0.15) is 0 Å². The van der Waals surface area contributed by atoms with Crippen LogP contribution in [0.2, 0.25) is 0 Å². The fourth-order valence-electron chi connectivity index (χ4n) is 1.43. The SMILES string of the molecule is COc1ccc(Oc2ncnc(N)c2Br)cc1[N+](=O)[O-]. The summed E-state index contributed by atoms with van der Waals surface area (Å²) >= 11 is 3.18. The summed E-state index contributed by atoms with van der Waals surface area (Å²) in [5.41, 5.74) is 5.39. The van der Waals surface area contributed by atoms with Crippen LogP contribution in [0.25, 0.3) is 0 Å². The van der Waals surface area contributed by atoms with E-state index in [1.54, 1.807) is 0 Å². The maximum Gasteiger partial charge on any atom is 0.314 e. The van der Waals surface area contributed by atoms with Gasteiger partial charge in [0.15, 0.2) is 5.75 Å². The summed E-state index contributed by atoms with van der Waals surface area (Å²) < 4.78 is 10.7. The number of aromatic nitrogens is 2. The van der Waals surface area contributed by atoms with Crippen molar-refractivity contribution in [3.8, 4) is 17.4 Å². The molecule has 9 heteroatoms. The fraction of sp³-hybridized carbons (Fsp3) is 0.0909. The Balaban J connectivity index is 2.37. The largest absolute Gasteiger partial charge is 0.490 e. The van der Waals surface area contributed by atoms with Crippen LogP contribution in [0.15, 0.2) is 29.0 Å². The van der Waals surface area contributed by atoms with Crippen LogP contribution in [0.5, 0.6) is 17.4 Å². The molecule has 2 aromatic rings. The van der Waals surface area contributed by atoms with Crippen molar-refractivity contribution >= 4 is 27.4 Å². The van der Waals surface area contributed by atoms with Crippen LogP contribution < -0.4 is 15.2 Å². The molecule has 1 aromatic heterocycles. The van der Waals surface area contributed by atoms with Gasteiger partial charge in [0.2, 0.25) is 5.88 Å². The molecule has 0 aliphatic heterocycles. The highest BCUT2D eigenvalue weighted by molar-refractivity contribution is 9.10. The lowest BCUT2D eigenvalue weighted by Gasteiger charge is -2.08. The Morgan fingerprint density at radius 2 is 2.15 bits per heavy atom. The molecule has 8 nitrogen and oxygen atoms in total. The minimum atomic E-state index is -0.560. The molecule has 0 unspecified atom stereocenters. The number of nitro groups is 1. The molecule has 0 radical (unpaired) electrons. The van der Waals surface area contributed by atoms with Gasteiger partial charge in [0, 0.05) is 0 Å². The van der Waals surface area contributed by atoms with Gasteiger partial charge in [-0.05, 0) is 28.1 Å². The van der Waals surface area contributed by atoms with Crippen molar-refractivity contribution in [2.75, 3.05) is 12.8 Å². The van der Waals surface area contributed by atoms with Crippen LogP contribution in [0.3, 0.4) is 0 Å². The zero-order chi connectivity index (χ0) is 14.7. The minimum Gasteiger partial charge on any atom is -0.490 e. The molecule has 0 saturated heterocycles. The highest BCUT2D eigenvalue weighted by Crippen LogP contribution is 2.35. The van der Waals surface area contributed by atoms with Gasteiger partial charge < -0.3 is 15.2 Å². The summed E-state index contributed by atoms with van der Waals surface area (Å²) in [5, 5.41) is 10.9. The van der Waals surface area contributed by atoms with Gasteiger partial charge >= 0.3 is 5.69 Å². The third kappa shape index (κ3) is 2.77. The second-order valence-electron chi connectivity index (χ2n) is 3.57. The first-order valence-corrected chi connectivity index (χ1v) is 6.08. The molecule has 1 aromatic carbocycles. The van der Waals surface area contributed by atoms with Gasteiger partial charge in [0.25, 0.3) is 0 Å². The van der Waals surface area contributed by atoms with Crippen molar-refractivity contribution in [3.05, 3.63) is 39.1 Å². The number of halogens is 1. The Labute approximate surface area is 121 Å². The van der Waals surface area contributed by atoms with E-state index >= 15 is 0 Å². The Morgan fingerprint density at radius 3 is 2.80 bits per heavy atom. The maximum atomic E-state index is 10.9. The van der Waals surface area contributed by atoms with Crippen LogP contribution in [0, 0.1) is 10.1 Å². The monoisotopic (exact) mass is 340 g/mol. The van der Waals surface area contributed by atoms with E-state index in [4.69, 9.17) is 15.2 Å². The van der Waals surface area contributed by atoms with Crippen LogP contribution in [-0.2, 0) is 0 Å². The summed E-state index contributed by atoms with van der Waals surface area (Å²) in [4.78, 5) is 18.0. The maximum absolute atomic E-state index is 10.9. The highest BCUT2D eigenvalue weighted by Gasteiger charge is 2.17. The number of hydrogen-bond donors (Lipinski definition) is 1. The van der Waals surface area contributed by atoms with Crippen molar-refractivity contribution in [3.63, 3.8) is 0 Å². The van der Waals surface area contributed by atoms with Crippen LogP contribution in [-0.4, -0.2) is 22.0 Å². The third-order valence-corrected chi connectivity index (χ3v) is 3.09. The summed E-state index contributed by atoms with van der Waals surface area (Å²) in [7, 11) is 1.35. The fourth-order valence-corrected chi connectivity index (χ4v) is 1.71. The third-order valence-electron chi connectivity index (χ3n) is 2.35. The first-order chi connectivity index (χ1) is 9.52. The van der Waals surface area contributed by atoms with E-state index in [0.29, 0.717) is 4.47 Å². The number of hydrogen-bond acceptors (Lipinski definition) is 7. The van der Waals surface area contributed by atoms with E-state index in [-0.39, 0.29) is 28.9 Å². The number of anilines is 1. The molecule has 2 rings (SSSR count). The van der Waals surface area contributed by atoms with Gasteiger partial charge in [-0.1, -0.05) is 0 Å². The Bertz CT molecular complexity index is 665. The molecule has 0 atom stereocenters. The van der Waals surface area contributed by atoms with Crippen molar-refractivity contribution in [1.82, 2.24) is 9.97 Å². The average Bonchev–Trinajstić information content (AvgIpc) is 2.43. The van der Waals surface area contributed by atoms with E-state index in [2.05, 4.69) is 25.9 Å². The summed E-state index contributed by atoms with van der Waals surface area (Å²) in [6.07, 6.45) is 1.23. The van der Waals surface area contributed by atoms with Crippen LogP contribution in [0.4, 0.5) is 11.5 Å². The Kier molecular flexibility index (Phi) is 3.99. The summed E-state index contributed by atoms with van der Waals surface area (Å²) in [5.74, 6) is 0.745. The number of nitro benzene ring substituents is 1. The van der Waals surface area contributed by atoms with Gasteiger partial charge in [-0.2, -0.15) is 0 Å². The number of nitrogen functional groups attached to an aromatic ring is 1. The number of ether oxygens (including phenoxy) is 2. The number of rotatable bonds is 4. The lowest BCUT2D eigenvalue weighted by molar-refractivity contribution is -0.385. The second kappa shape index (κ2) is 5.70. The molecule has 0 aliphatic rings. The summed E-state index contributed by atoms with van der Waals surface area (Å²) in [6.45, 7) is 0. The summed E-state index contributed by atoms with van der Waals surface area (Å²) in [6, 6.07) is 4.20. The molecule has 20 heavy (non-hydrogen) atoms. The predicted octanol–water partition coefficient (Wildman–Crippen LogP) is 2.53. The highest BCUT2D eigenvalue weighted by atomic mass is 79.9. The molecule has 2 N–H and O–H groups in total. The minimum absolute atomic E-state index is 0.142. The van der Waals surface area contributed by atoms with E-state index in [0.717, 1.165) is 0 Å². The van der Waals surface area contributed by atoms with Crippen molar-refractivity contribution in [1.29, 1.82) is 0 Å².